The van der Waals surface area contributed by atoms with E-state index in [2.05, 4.69) is 74.1 Å². The lowest BCUT2D eigenvalue weighted by molar-refractivity contribution is -0.143. The predicted octanol–water partition coefficient (Wildman–Crippen LogP) is -6.02. The monoisotopic (exact) mass is 1570 g/mol. The smallest absolute Gasteiger partial charge is 0.326 e. The Morgan fingerprint density at radius 2 is 0.771 bits per heavy atom. The van der Waals surface area contributed by atoms with Crippen molar-refractivity contribution in [2.75, 3.05) is 31.6 Å². The van der Waals surface area contributed by atoms with Gasteiger partial charge in [0, 0.05) is 13.0 Å². The molecular formula is C68H122N20O20S. The summed E-state index contributed by atoms with van der Waals surface area (Å²) in [4.78, 5) is 233. The molecule has 0 unspecified atom stereocenters. The van der Waals surface area contributed by atoms with E-state index in [4.69, 9.17) is 34.4 Å². The molecular weight excluding hydrogens is 1450 g/mol. The number of thioether (sulfide) groups is 1. The first-order valence-corrected chi connectivity index (χ1v) is 37.7. The number of nitrogens with one attached hydrogen (secondary N) is 13. The van der Waals surface area contributed by atoms with Crippen molar-refractivity contribution < 1.29 is 96.8 Å². The van der Waals surface area contributed by atoms with Crippen molar-refractivity contribution in [3.05, 3.63) is 0 Å². The fourth-order valence-electron chi connectivity index (χ4n) is 10.6. The summed E-state index contributed by atoms with van der Waals surface area (Å²) in [5.41, 5.74) is 33.2. The predicted molar refractivity (Wildman–Crippen MR) is 402 cm³/mol. The van der Waals surface area contributed by atoms with Crippen LogP contribution in [0.5, 0.6) is 0 Å². The van der Waals surface area contributed by atoms with Crippen molar-refractivity contribution in [2.24, 2.45) is 74.9 Å². The van der Waals surface area contributed by atoms with Crippen LogP contribution in [0.15, 0.2) is 4.99 Å². The summed E-state index contributed by atoms with van der Waals surface area (Å²) >= 11 is 1.28. The van der Waals surface area contributed by atoms with Gasteiger partial charge in [0.05, 0.1) is 31.5 Å². The summed E-state index contributed by atoms with van der Waals surface area (Å²) in [6, 6.07) is -19.6. The van der Waals surface area contributed by atoms with Gasteiger partial charge in [-0.05, 0) is 112 Å². The molecule has 15 amide bonds. The molecule has 0 saturated carbocycles. The van der Waals surface area contributed by atoms with Gasteiger partial charge in [0.1, 0.15) is 72.5 Å². The molecule has 0 rings (SSSR count). The van der Waals surface area contributed by atoms with Gasteiger partial charge in [-0.25, -0.2) is 4.79 Å². The van der Waals surface area contributed by atoms with Crippen LogP contribution in [0, 0.1) is 35.5 Å². The van der Waals surface area contributed by atoms with E-state index >= 15 is 0 Å². The van der Waals surface area contributed by atoms with Crippen LogP contribution in [0.1, 0.15) is 167 Å². The van der Waals surface area contributed by atoms with Crippen molar-refractivity contribution in [2.45, 2.75) is 252 Å². The molecule has 0 heterocycles. The molecule has 40 nitrogen and oxygen atoms in total. The van der Waals surface area contributed by atoms with E-state index in [1.807, 2.05) is 13.8 Å². The van der Waals surface area contributed by atoms with Crippen molar-refractivity contribution >= 4 is 118 Å². The van der Waals surface area contributed by atoms with Gasteiger partial charge in [-0.3, -0.25) is 81.7 Å². The lowest BCUT2D eigenvalue weighted by Gasteiger charge is -2.30. The molecule has 14 atom stereocenters. The first kappa shape index (κ1) is 99.5. The van der Waals surface area contributed by atoms with E-state index in [0.29, 0.717) is 25.8 Å². The Bertz CT molecular complexity index is 3120. The highest BCUT2D eigenvalue weighted by Gasteiger charge is 2.40. The van der Waals surface area contributed by atoms with Crippen molar-refractivity contribution in [1.82, 2.24) is 69.1 Å². The number of aliphatic hydroxyl groups is 1. The lowest BCUT2D eigenvalue weighted by atomic mass is 9.98. The fourth-order valence-corrected chi connectivity index (χ4v) is 11.1. The first-order chi connectivity index (χ1) is 50.7. The van der Waals surface area contributed by atoms with Crippen LogP contribution in [-0.2, 0) is 81.5 Å². The number of nitrogens with zero attached hydrogens (tertiary/aromatic N) is 1. The van der Waals surface area contributed by atoms with E-state index in [-0.39, 0.29) is 56.3 Å². The number of carbonyl (C=O) groups excluding carboxylic acids is 15. The number of amides is 15. The Balaban J connectivity index is 6.66. The fraction of sp³-hybridized carbons (Fsp3) is 0.735. The summed E-state index contributed by atoms with van der Waals surface area (Å²) < 4.78 is 0. The molecule has 620 valence electrons. The maximum absolute atomic E-state index is 14.3. The molecule has 0 aromatic heterocycles. The summed E-state index contributed by atoms with van der Waals surface area (Å²) in [5.74, 6) is -21.3. The highest BCUT2D eigenvalue weighted by atomic mass is 32.2. The van der Waals surface area contributed by atoms with E-state index in [1.54, 1.807) is 47.8 Å². The number of aliphatic hydroxyl groups excluding tert-OH is 1. The second kappa shape index (κ2) is 51.0. The maximum Gasteiger partial charge on any atom is 0.326 e. The minimum Gasteiger partial charge on any atom is -0.481 e. The molecule has 0 saturated heterocycles. The Morgan fingerprint density at radius 1 is 0.394 bits per heavy atom. The molecule has 0 radical (unpaired) electrons. The van der Waals surface area contributed by atoms with Crippen molar-refractivity contribution in [1.29, 1.82) is 0 Å². The van der Waals surface area contributed by atoms with Gasteiger partial charge in [0.2, 0.25) is 88.6 Å². The summed E-state index contributed by atoms with van der Waals surface area (Å²) in [6.07, 6.45) is -1.42. The van der Waals surface area contributed by atoms with Crippen molar-refractivity contribution in [3.63, 3.8) is 0 Å². The standard InChI is InChI=1S/C68H122N20O20S/c1-31(2)26-42(81-55(95)38(70)18-15-16-23-69)58(98)86-53(36(11)12)65(105)87-50(33(5)6)62(102)76-30-48(92)77-44(28-47(72)91)60(100)84-52(35(9)10)64(104)83-45(29-49(93)94)61(101)85-51(34(7)8)63(103)82-43(27-32(3)4)59(99)88-54(37(13)89)66(106)79-39(20-21-46(71)90)56(96)78-40(22-25-109-14)57(97)80-41(67(107)108)19-17-24-75-68(73)74/h31-45,50-54,89H,15-30,69-70H2,1-14H3,(H2,71,90)(H2,72,91)(H,76,102)(H,77,92)(H,78,96)(H,79,106)(H,80,97)(H,81,95)(H,82,103)(H,83,104)(H,84,100)(H,85,101)(H,86,98)(H,87,105)(H,88,99)(H,93,94)(H,107,108)(H4,73,74,75)/t37-,38+,39+,40+,41+,42+,43+,44+,45+,50+,51+,52+,53+,54+/m1/s1. The average molecular weight is 1570 g/mol. The van der Waals surface area contributed by atoms with Gasteiger partial charge >= 0.3 is 11.9 Å². The molecule has 0 aliphatic carbocycles. The molecule has 0 aliphatic heterocycles. The third-order valence-electron chi connectivity index (χ3n) is 16.6. The van der Waals surface area contributed by atoms with E-state index < -0.39 is 247 Å². The number of carboxylic acids is 2. The van der Waals surface area contributed by atoms with Gasteiger partial charge in [0.25, 0.3) is 0 Å². The van der Waals surface area contributed by atoms with Gasteiger partial charge in [-0.2, -0.15) is 11.8 Å². The minimum atomic E-state index is -1.99. The van der Waals surface area contributed by atoms with Crippen LogP contribution in [-0.4, -0.2) is 238 Å². The van der Waals surface area contributed by atoms with Gasteiger partial charge in [0.15, 0.2) is 5.96 Å². The third-order valence-corrected chi connectivity index (χ3v) is 17.3. The number of nitrogens with two attached hydrogens (primary N) is 6. The van der Waals surface area contributed by atoms with Crippen LogP contribution < -0.4 is 104 Å². The van der Waals surface area contributed by atoms with E-state index in [0.717, 1.165) is 6.92 Å². The number of carbonyl (C=O) groups is 17. The quantitative estimate of drug-likeness (QED) is 0.0153. The van der Waals surface area contributed by atoms with Gasteiger partial charge in [-0.15, -0.1) is 0 Å². The number of aliphatic imine (C=N–C) groups is 1. The SMILES string of the molecule is CSCC[C@H](NC(=O)[C@H](CCC(N)=O)NC(=O)[C@@H](NC(=O)[C@H](CC(C)C)NC(=O)[C@@H](NC(=O)[C@H](CC(=O)O)NC(=O)[C@@H](NC(=O)[C@H](CC(N)=O)NC(=O)CNC(=O)[C@@H](NC(=O)[C@@H](NC(=O)[C@H](CC(C)C)NC(=O)[C@@H](N)CCCCN)C(C)C)C(C)C)C(C)C)C(C)C)[C@@H](C)O)C(=O)N[C@@H](CCCN=C(N)N)C(=O)O. The number of hydrogen-bond acceptors (Lipinski definition) is 22. The molecule has 0 aromatic rings. The number of aliphatic carboxylic acids is 2. The van der Waals surface area contributed by atoms with Gasteiger partial charge in [-0.1, -0.05) is 89.5 Å². The van der Waals surface area contributed by atoms with E-state index in [1.165, 1.54) is 39.5 Å². The lowest BCUT2D eigenvalue weighted by Crippen LogP contribution is -2.62. The van der Waals surface area contributed by atoms with E-state index in [9.17, 15) is 96.8 Å². The normalized spacial score (nSPS) is 15.2. The molecule has 0 aromatic carbocycles. The Kier molecular flexibility index (Phi) is 46.5. The highest BCUT2D eigenvalue weighted by molar-refractivity contribution is 7.98. The zero-order valence-electron chi connectivity index (χ0n) is 65.0. The number of hydrogen-bond donors (Lipinski definition) is 22. The number of carboxylic acid groups (broad SMARTS) is 2. The van der Waals surface area contributed by atoms with Crippen LogP contribution in [0.2, 0.25) is 0 Å². The van der Waals surface area contributed by atoms with Gasteiger partial charge < -0.3 is 119 Å². The molecule has 28 N–H and O–H groups in total. The van der Waals surface area contributed by atoms with Crippen LogP contribution >= 0.6 is 11.8 Å². The summed E-state index contributed by atoms with van der Waals surface area (Å²) in [7, 11) is 0. The average Bonchev–Trinajstić information content (AvgIpc) is 0.851. The Labute approximate surface area is 640 Å². The third kappa shape index (κ3) is 39.4. The zero-order chi connectivity index (χ0) is 83.9. The molecule has 0 spiro atoms. The summed E-state index contributed by atoms with van der Waals surface area (Å²) in [5, 5.41) is 62.4. The van der Waals surface area contributed by atoms with Crippen LogP contribution in [0.3, 0.4) is 0 Å². The van der Waals surface area contributed by atoms with Crippen LogP contribution in [0.4, 0.5) is 0 Å². The zero-order valence-corrected chi connectivity index (χ0v) is 65.8. The second-order valence-corrected chi connectivity index (χ2v) is 29.8. The maximum atomic E-state index is 14.3. The van der Waals surface area contributed by atoms with Crippen molar-refractivity contribution in [3.8, 4) is 0 Å². The number of unbranched alkanes of at least 4 members (excludes halogenated alkanes) is 1. The molecule has 0 bridgehead atoms. The largest absolute Gasteiger partial charge is 0.481 e. The second-order valence-electron chi connectivity index (χ2n) is 28.8. The number of guanidine groups is 1. The summed E-state index contributed by atoms with van der Waals surface area (Å²) in [6.45, 7) is 19.9. The molecule has 109 heavy (non-hydrogen) atoms. The topological polar surface area (TPSA) is 676 Å². The molecule has 0 fully saturated rings. The number of rotatable bonds is 54. The first-order valence-electron chi connectivity index (χ1n) is 36.3. The number of primary amides is 2. The molecule has 0 aliphatic rings. The van der Waals surface area contributed by atoms with Crippen LogP contribution in [0.25, 0.3) is 0 Å². The highest BCUT2D eigenvalue weighted by Crippen LogP contribution is 2.15. The minimum absolute atomic E-state index is 0.0459. The molecule has 41 heteroatoms. The Morgan fingerprint density at radius 3 is 1.18 bits per heavy atom. The Hall–Kier alpha value is -9.51.